The maximum atomic E-state index is 9.93. The van der Waals surface area contributed by atoms with Crippen LogP contribution in [0.2, 0.25) is 10.0 Å². The molecule has 0 spiro atoms. The molecule has 1 N–H and O–H groups in total. The number of phenols is 1. The van der Waals surface area contributed by atoms with Crippen LogP contribution in [0.5, 0.6) is 5.75 Å². The average molecular weight is 414 g/mol. The van der Waals surface area contributed by atoms with E-state index in [4.69, 9.17) is 23.2 Å². The van der Waals surface area contributed by atoms with Crippen molar-refractivity contribution in [2.24, 2.45) is 0 Å². The van der Waals surface area contributed by atoms with Crippen LogP contribution in [0.4, 0.5) is 0 Å². The predicted octanol–water partition coefficient (Wildman–Crippen LogP) is 6.40. The van der Waals surface area contributed by atoms with E-state index in [9.17, 15) is 5.11 Å². The van der Waals surface area contributed by atoms with E-state index < -0.39 is 0 Å². The first-order chi connectivity index (χ1) is 13.5. The minimum atomic E-state index is 0.240. The lowest BCUT2D eigenvalue weighted by atomic mass is 9.91. The van der Waals surface area contributed by atoms with Crippen LogP contribution in [0.3, 0.4) is 0 Å². The predicted molar refractivity (Wildman–Crippen MR) is 119 cm³/mol. The summed E-state index contributed by atoms with van der Waals surface area (Å²) >= 11 is 12.2. The third-order valence-electron chi connectivity index (χ3n) is 5.02. The normalized spacial score (nSPS) is 11.3. The summed E-state index contributed by atoms with van der Waals surface area (Å²) in [6.07, 6.45) is 1.85. The van der Waals surface area contributed by atoms with Gasteiger partial charge in [0.15, 0.2) is 0 Å². The van der Waals surface area contributed by atoms with Gasteiger partial charge in [0.05, 0.1) is 0 Å². The van der Waals surface area contributed by atoms with E-state index in [1.807, 2.05) is 42.5 Å². The highest BCUT2D eigenvalue weighted by molar-refractivity contribution is 6.30. The molecule has 28 heavy (non-hydrogen) atoms. The van der Waals surface area contributed by atoms with Gasteiger partial charge in [-0.15, -0.1) is 0 Å². The molecule has 0 aliphatic carbocycles. The molecule has 0 saturated carbocycles. The second-order valence-electron chi connectivity index (χ2n) is 7.15. The zero-order chi connectivity index (χ0) is 19.9. The highest BCUT2D eigenvalue weighted by Gasteiger charge is 2.17. The number of phenolic OH excluding ortho intramolecular Hbond substituents is 1. The molecule has 0 unspecified atom stereocenters. The molecule has 0 aliphatic rings. The number of rotatable bonds is 8. The number of likely N-dealkylation sites (N-methyl/N-ethyl adjacent to an activating group) is 1. The Kier molecular flexibility index (Phi) is 7.38. The summed E-state index contributed by atoms with van der Waals surface area (Å²) in [6.45, 7) is 1.84. The first-order valence-electron chi connectivity index (χ1n) is 9.49. The van der Waals surface area contributed by atoms with Gasteiger partial charge < -0.3 is 10.0 Å². The molecule has 0 radical (unpaired) electrons. The van der Waals surface area contributed by atoms with Crippen molar-refractivity contribution in [1.82, 2.24) is 4.90 Å². The summed E-state index contributed by atoms with van der Waals surface area (Å²) in [5, 5.41) is 11.4. The smallest absolute Gasteiger partial charge is 0.118 e. The first-order valence-corrected chi connectivity index (χ1v) is 10.2. The summed E-state index contributed by atoms with van der Waals surface area (Å²) < 4.78 is 0. The minimum Gasteiger partial charge on any atom is -0.508 e. The standard InChI is InChI=1S/C24H25Cl2NO/c1-27(16-4-6-20-5-2-3-7-24(20)28)17-23(18-8-12-21(25)13-9-18)19-10-14-22(26)15-11-19/h2-3,5,7-15,23,28H,4,6,16-17H2,1H3. The van der Waals surface area contributed by atoms with Crippen LogP contribution in [0.1, 0.15) is 29.0 Å². The third-order valence-corrected chi connectivity index (χ3v) is 5.52. The number of halogens is 2. The molecule has 3 rings (SSSR count). The maximum Gasteiger partial charge on any atom is 0.118 e. The lowest BCUT2D eigenvalue weighted by Gasteiger charge is -2.25. The zero-order valence-corrected chi connectivity index (χ0v) is 17.5. The van der Waals surface area contributed by atoms with Crippen LogP contribution in [0.25, 0.3) is 0 Å². The summed E-state index contributed by atoms with van der Waals surface area (Å²) in [5.74, 6) is 0.620. The second kappa shape index (κ2) is 9.97. The number of aryl methyl sites for hydroxylation is 1. The molecule has 0 aliphatic heterocycles. The number of benzene rings is 3. The van der Waals surface area contributed by atoms with Crippen molar-refractivity contribution in [3.05, 3.63) is 99.5 Å². The summed E-state index contributed by atoms with van der Waals surface area (Å²) in [6, 6.07) is 23.7. The van der Waals surface area contributed by atoms with Crippen molar-refractivity contribution < 1.29 is 5.11 Å². The van der Waals surface area contributed by atoms with Gasteiger partial charge in [-0.3, -0.25) is 0 Å². The molecule has 0 fully saturated rings. The van der Waals surface area contributed by atoms with E-state index in [1.165, 1.54) is 11.1 Å². The number of hydrogen-bond donors (Lipinski definition) is 1. The Labute approximate surface area is 177 Å². The van der Waals surface area contributed by atoms with Crippen LogP contribution in [0, 0.1) is 0 Å². The largest absolute Gasteiger partial charge is 0.508 e. The minimum absolute atomic E-state index is 0.240. The number of nitrogens with zero attached hydrogens (tertiary/aromatic N) is 1. The molecular formula is C24H25Cl2NO. The number of aromatic hydroxyl groups is 1. The van der Waals surface area contributed by atoms with Crippen molar-refractivity contribution in [2.45, 2.75) is 18.8 Å². The quantitative estimate of drug-likeness (QED) is 0.461. The fourth-order valence-electron chi connectivity index (χ4n) is 3.46. The van der Waals surface area contributed by atoms with E-state index in [0.717, 1.165) is 41.5 Å². The molecule has 0 saturated heterocycles. The lowest BCUT2D eigenvalue weighted by Crippen LogP contribution is -2.26. The van der Waals surface area contributed by atoms with Crippen molar-refractivity contribution in [1.29, 1.82) is 0 Å². The Morgan fingerprint density at radius 1 is 0.821 bits per heavy atom. The molecule has 4 heteroatoms. The van der Waals surface area contributed by atoms with Crippen LogP contribution in [-0.2, 0) is 6.42 Å². The highest BCUT2D eigenvalue weighted by Crippen LogP contribution is 2.28. The second-order valence-corrected chi connectivity index (χ2v) is 8.02. The molecule has 3 aromatic rings. The van der Waals surface area contributed by atoms with Crippen LogP contribution in [-0.4, -0.2) is 30.1 Å². The number of hydrogen-bond acceptors (Lipinski definition) is 2. The van der Waals surface area contributed by atoms with Crippen LogP contribution < -0.4 is 0 Å². The molecule has 0 atom stereocenters. The maximum absolute atomic E-state index is 9.93. The Hall–Kier alpha value is -2.00. The fraction of sp³-hybridized carbons (Fsp3) is 0.250. The number of para-hydroxylation sites is 1. The summed E-state index contributed by atoms with van der Waals surface area (Å²) in [7, 11) is 2.14. The molecule has 146 valence electrons. The molecule has 0 amide bonds. The fourth-order valence-corrected chi connectivity index (χ4v) is 3.71. The van der Waals surface area contributed by atoms with Crippen molar-refractivity contribution in [2.75, 3.05) is 20.1 Å². The Balaban J connectivity index is 1.67. The molecular weight excluding hydrogens is 389 g/mol. The molecule has 3 aromatic carbocycles. The third kappa shape index (κ3) is 5.75. The average Bonchev–Trinajstić information content (AvgIpc) is 2.69. The van der Waals surface area contributed by atoms with Crippen molar-refractivity contribution >= 4 is 23.2 Å². The van der Waals surface area contributed by atoms with Crippen LogP contribution in [0.15, 0.2) is 72.8 Å². The summed E-state index contributed by atoms with van der Waals surface area (Å²) in [5.41, 5.74) is 3.47. The van der Waals surface area contributed by atoms with Gasteiger partial charge in [0.25, 0.3) is 0 Å². The van der Waals surface area contributed by atoms with Gasteiger partial charge in [0.2, 0.25) is 0 Å². The monoisotopic (exact) mass is 413 g/mol. The molecule has 0 heterocycles. The van der Waals surface area contributed by atoms with E-state index in [-0.39, 0.29) is 5.92 Å². The van der Waals surface area contributed by atoms with Gasteiger partial charge in [0, 0.05) is 22.5 Å². The van der Waals surface area contributed by atoms with Gasteiger partial charge in [0.1, 0.15) is 5.75 Å². The molecule has 2 nitrogen and oxygen atoms in total. The Bertz CT molecular complexity index is 832. The molecule has 0 bridgehead atoms. The Morgan fingerprint density at radius 2 is 1.36 bits per heavy atom. The van der Waals surface area contributed by atoms with Crippen molar-refractivity contribution in [3.63, 3.8) is 0 Å². The van der Waals surface area contributed by atoms with E-state index >= 15 is 0 Å². The van der Waals surface area contributed by atoms with E-state index in [0.29, 0.717) is 5.75 Å². The lowest BCUT2D eigenvalue weighted by molar-refractivity contribution is 0.318. The van der Waals surface area contributed by atoms with E-state index in [2.05, 4.69) is 36.2 Å². The van der Waals surface area contributed by atoms with E-state index in [1.54, 1.807) is 6.07 Å². The van der Waals surface area contributed by atoms with Crippen LogP contribution >= 0.6 is 23.2 Å². The first kappa shape index (κ1) is 20.7. The van der Waals surface area contributed by atoms with Gasteiger partial charge in [-0.25, -0.2) is 0 Å². The van der Waals surface area contributed by atoms with Gasteiger partial charge >= 0.3 is 0 Å². The Morgan fingerprint density at radius 3 is 1.89 bits per heavy atom. The van der Waals surface area contributed by atoms with Gasteiger partial charge in [-0.2, -0.15) is 0 Å². The van der Waals surface area contributed by atoms with Gasteiger partial charge in [-0.1, -0.05) is 65.7 Å². The summed E-state index contributed by atoms with van der Waals surface area (Å²) in [4.78, 5) is 2.34. The van der Waals surface area contributed by atoms with Gasteiger partial charge in [-0.05, 0) is 73.5 Å². The highest BCUT2D eigenvalue weighted by atomic mass is 35.5. The zero-order valence-electron chi connectivity index (χ0n) is 16.0. The topological polar surface area (TPSA) is 23.5 Å². The SMILES string of the molecule is CN(CCCc1ccccc1O)CC(c1ccc(Cl)cc1)c1ccc(Cl)cc1. The van der Waals surface area contributed by atoms with Crippen molar-refractivity contribution in [3.8, 4) is 5.75 Å². The molecule has 0 aromatic heterocycles.